The minimum atomic E-state index is -5.14. The van der Waals surface area contributed by atoms with E-state index in [-0.39, 0.29) is 17.9 Å². The zero-order valence-corrected chi connectivity index (χ0v) is 22.5. The van der Waals surface area contributed by atoms with Crippen LogP contribution in [0.25, 0.3) is 0 Å². The van der Waals surface area contributed by atoms with Gasteiger partial charge in [0, 0.05) is 52.0 Å². The third kappa shape index (κ3) is 5.23. The second-order valence-corrected chi connectivity index (χ2v) is 11.1. The van der Waals surface area contributed by atoms with Crippen molar-refractivity contribution in [2.75, 3.05) is 45.7 Å². The number of carbonyl (C=O) groups is 2. The van der Waals surface area contributed by atoms with Crippen molar-refractivity contribution in [1.29, 1.82) is 0 Å². The number of halogens is 4. The number of anilines is 1. The molecule has 1 saturated heterocycles. The predicted molar refractivity (Wildman–Crippen MR) is 140 cm³/mol. The van der Waals surface area contributed by atoms with Gasteiger partial charge in [0.2, 0.25) is 0 Å². The van der Waals surface area contributed by atoms with Gasteiger partial charge in [-0.1, -0.05) is 41.9 Å². The number of hydrogen-bond donors (Lipinski definition) is 1. The summed E-state index contributed by atoms with van der Waals surface area (Å²) in [4.78, 5) is 29.8. The van der Waals surface area contributed by atoms with E-state index in [0.29, 0.717) is 22.9 Å². The highest BCUT2D eigenvalue weighted by molar-refractivity contribution is 6.34. The molecule has 1 spiro atoms. The maximum absolute atomic E-state index is 13.9. The highest BCUT2D eigenvalue weighted by Crippen LogP contribution is 2.61. The lowest BCUT2D eigenvalue weighted by Crippen LogP contribution is -2.55. The number of alkyl halides is 3. The molecule has 2 atom stereocenters. The maximum atomic E-state index is 13.9. The van der Waals surface area contributed by atoms with Gasteiger partial charge in [-0.25, -0.2) is 0 Å². The Kier molecular flexibility index (Phi) is 7.74. The number of aliphatic hydroxyl groups is 1. The first-order chi connectivity index (χ1) is 17.8. The van der Waals surface area contributed by atoms with Gasteiger partial charge in [-0.05, 0) is 55.2 Å². The van der Waals surface area contributed by atoms with E-state index in [0.717, 1.165) is 55.1 Å². The second-order valence-electron chi connectivity index (χ2n) is 10.7. The molecule has 4 rings (SSSR count). The summed E-state index contributed by atoms with van der Waals surface area (Å²) in [6.45, 7) is 1.76. The van der Waals surface area contributed by atoms with E-state index >= 15 is 0 Å². The summed E-state index contributed by atoms with van der Waals surface area (Å²) in [5.74, 6) is -1.20. The molecule has 6 nitrogen and oxygen atoms in total. The van der Waals surface area contributed by atoms with Gasteiger partial charge in [0.05, 0.1) is 10.6 Å². The Morgan fingerprint density at radius 2 is 1.71 bits per heavy atom. The average molecular weight is 552 g/mol. The fourth-order valence-corrected chi connectivity index (χ4v) is 5.85. The topological polar surface area (TPSA) is 64.1 Å². The van der Waals surface area contributed by atoms with Crippen LogP contribution in [0.15, 0.2) is 48.5 Å². The van der Waals surface area contributed by atoms with Crippen LogP contribution in [0.4, 0.5) is 18.9 Å². The fourth-order valence-electron chi connectivity index (χ4n) is 5.59. The van der Waals surface area contributed by atoms with Crippen LogP contribution in [-0.2, 0) is 10.4 Å². The maximum Gasteiger partial charge on any atom is 0.430 e. The van der Waals surface area contributed by atoms with Crippen molar-refractivity contribution in [1.82, 2.24) is 9.80 Å². The van der Waals surface area contributed by atoms with Crippen LogP contribution in [0.3, 0.4) is 0 Å². The third-order valence-corrected chi connectivity index (χ3v) is 8.46. The Hall–Kier alpha value is -2.78. The molecule has 38 heavy (non-hydrogen) atoms. The quantitative estimate of drug-likeness (QED) is 0.529. The van der Waals surface area contributed by atoms with E-state index in [1.54, 1.807) is 20.2 Å². The Labute approximate surface area is 226 Å². The van der Waals surface area contributed by atoms with Gasteiger partial charge in [0.25, 0.3) is 17.4 Å². The Balaban J connectivity index is 1.33. The van der Waals surface area contributed by atoms with E-state index in [2.05, 4.69) is 4.90 Å². The average Bonchev–Trinajstić information content (AvgIpc) is 3.57. The SMILES string of the molecule is CN(C)C(=O)c1ccc(N2CCC3(CC2)CC3CCN(C)C(=O)C(O)(c2ccccc2)C(F)(F)F)cc1Cl. The summed E-state index contributed by atoms with van der Waals surface area (Å²) in [5, 5.41) is 11.0. The first-order valence-corrected chi connectivity index (χ1v) is 13.0. The molecule has 2 aliphatic rings. The molecule has 1 N–H and O–H groups in total. The molecule has 2 fully saturated rings. The number of hydrogen-bond acceptors (Lipinski definition) is 4. The first-order valence-electron chi connectivity index (χ1n) is 12.7. The summed E-state index contributed by atoms with van der Waals surface area (Å²) >= 11 is 6.38. The van der Waals surface area contributed by atoms with Crippen LogP contribution in [0.2, 0.25) is 5.02 Å². The standard InChI is InChI=1S/C28H33ClF3N3O3/c1-33(2)24(36)22-10-9-21(17-23(22)29)35-15-12-26(13-16-35)18-20(26)11-14-34(3)25(37)27(38,28(30,31)32)19-7-5-4-6-8-19/h4-10,17,20,38H,11-16,18H2,1-3H3. The molecule has 0 bridgehead atoms. The van der Waals surface area contributed by atoms with E-state index in [1.165, 1.54) is 30.1 Å². The molecule has 2 aromatic carbocycles. The molecule has 2 aromatic rings. The molecular weight excluding hydrogens is 519 g/mol. The summed E-state index contributed by atoms with van der Waals surface area (Å²) in [5.41, 5.74) is -2.53. The van der Waals surface area contributed by atoms with Crippen LogP contribution in [-0.4, -0.2) is 73.7 Å². The minimum absolute atomic E-state index is 0.130. The van der Waals surface area contributed by atoms with E-state index in [1.807, 2.05) is 12.1 Å². The molecule has 2 unspecified atom stereocenters. The molecule has 10 heteroatoms. The van der Waals surface area contributed by atoms with Gasteiger partial charge in [-0.15, -0.1) is 0 Å². The van der Waals surface area contributed by atoms with Crippen molar-refractivity contribution in [3.63, 3.8) is 0 Å². The number of rotatable bonds is 7. The van der Waals surface area contributed by atoms with Crippen molar-refractivity contribution in [2.24, 2.45) is 11.3 Å². The van der Waals surface area contributed by atoms with Crippen molar-refractivity contribution in [3.8, 4) is 0 Å². The fraction of sp³-hybridized carbons (Fsp3) is 0.500. The van der Waals surface area contributed by atoms with Crippen LogP contribution in [0.5, 0.6) is 0 Å². The number of piperidine rings is 1. The number of amides is 2. The summed E-state index contributed by atoms with van der Waals surface area (Å²) < 4.78 is 41.6. The van der Waals surface area contributed by atoms with Crippen LogP contribution in [0, 0.1) is 11.3 Å². The third-order valence-electron chi connectivity index (χ3n) is 8.14. The van der Waals surface area contributed by atoms with Gasteiger partial charge < -0.3 is 19.8 Å². The Morgan fingerprint density at radius 1 is 1.08 bits per heavy atom. The molecule has 2 amide bonds. The second kappa shape index (κ2) is 10.4. The van der Waals surface area contributed by atoms with Gasteiger partial charge in [0.15, 0.2) is 0 Å². The summed E-state index contributed by atoms with van der Waals surface area (Å²) in [6, 6.07) is 12.0. The van der Waals surface area contributed by atoms with Crippen molar-refractivity contribution < 1.29 is 27.9 Å². The van der Waals surface area contributed by atoms with E-state index in [4.69, 9.17) is 11.6 Å². The summed E-state index contributed by atoms with van der Waals surface area (Å²) in [6.07, 6.45) is -1.72. The van der Waals surface area contributed by atoms with Crippen molar-refractivity contribution in [3.05, 3.63) is 64.7 Å². The van der Waals surface area contributed by atoms with Gasteiger partial charge >= 0.3 is 6.18 Å². The van der Waals surface area contributed by atoms with E-state index in [9.17, 15) is 27.9 Å². The predicted octanol–water partition coefficient (Wildman–Crippen LogP) is 4.95. The molecule has 1 aliphatic heterocycles. The summed E-state index contributed by atoms with van der Waals surface area (Å²) in [7, 11) is 4.67. The van der Waals surface area contributed by atoms with Gasteiger partial charge in [0.1, 0.15) is 0 Å². The minimum Gasteiger partial charge on any atom is -0.371 e. The lowest BCUT2D eigenvalue weighted by molar-refractivity contribution is -0.261. The molecule has 0 radical (unpaired) electrons. The monoisotopic (exact) mass is 551 g/mol. The molecule has 0 aromatic heterocycles. The van der Waals surface area contributed by atoms with Crippen LogP contribution in [0.1, 0.15) is 41.6 Å². The number of benzene rings is 2. The lowest BCUT2D eigenvalue weighted by atomic mass is 9.89. The lowest BCUT2D eigenvalue weighted by Gasteiger charge is -2.35. The zero-order valence-electron chi connectivity index (χ0n) is 21.8. The van der Waals surface area contributed by atoms with Gasteiger partial charge in [-0.2, -0.15) is 13.2 Å². The van der Waals surface area contributed by atoms with E-state index < -0.39 is 23.2 Å². The first kappa shape index (κ1) is 28.2. The number of carbonyl (C=O) groups excluding carboxylic acids is 2. The highest BCUT2D eigenvalue weighted by atomic mass is 35.5. The largest absolute Gasteiger partial charge is 0.430 e. The van der Waals surface area contributed by atoms with Crippen molar-refractivity contribution >= 4 is 29.1 Å². The number of likely N-dealkylation sites (N-methyl/N-ethyl adjacent to an activating group) is 1. The number of nitrogens with zero attached hydrogens (tertiary/aromatic N) is 3. The smallest absolute Gasteiger partial charge is 0.371 e. The highest BCUT2D eigenvalue weighted by Gasteiger charge is 2.62. The van der Waals surface area contributed by atoms with Crippen molar-refractivity contribution in [2.45, 2.75) is 37.5 Å². The normalized spacial score (nSPS) is 20.1. The Morgan fingerprint density at radius 3 is 2.26 bits per heavy atom. The zero-order chi connectivity index (χ0) is 27.9. The van der Waals surface area contributed by atoms with Gasteiger partial charge in [-0.3, -0.25) is 9.59 Å². The van der Waals surface area contributed by atoms with Crippen LogP contribution >= 0.6 is 11.6 Å². The molecular formula is C28H33ClF3N3O3. The molecule has 206 valence electrons. The molecule has 1 aliphatic carbocycles. The molecule has 1 saturated carbocycles. The van der Waals surface area contributed by atoms with Crippen LogP contribution < -0.4 is 4.90 Å². The Bertz CT molecular complexity index is 1180. The molecule has 1 heterocycles.